The predicted molar refractivity (Wildman–Crippen MR) is 89.5 cm³/mol. The molecular formula is C16H16N4OS. The minimum atomic E-state index is 0.515. The van der Waals surface area contributed by atoms with Gasteiger partial charge >= 0.3 is 0 Å². The third-order valence-corrected chi connectivity index (χ3v) is 3.32. The fourth-order valence-electron chi connectivity index (χ4n) is 2.03. The molecule has 0 aliphatic heterocycles. The van der Waals surface area contributed by atoms with Crippen LogP contribution in [0.4, 0.5) is 5.82 Å². The summed E-state index contributed by atoms with van der Waals surface area (Å²) in [5.41, 5.74) is 1.20. The summed E-state index contributed by atoms with van der Waals surface area (Å²) in [5.74, 6) is 1.55. The van der Waals surface area contributed by atoms with E-state index in [1.807, 2.05) is 47.3 Å². The number of thiocarbonyl (C=S) groups is 1. The van der Waals surface area contributed by atoms with E-state index < -0.39 is 0 Å². The second kappa shape index (κ2) is 6.91. The summed E-state index contributed by atoms with van der Waals surface area (Å²) in [7, 11) is 0. The summed E-state index contributed by atoms with van der Waals surface area (Å²) in [6, 6.07) is 15.8. The van der Waals surface area contributed by atoms with Crippen molar-refractivity contribution in [1.29, 1.82) is 0 Å². The van der Waals surface area contributed by atoms with Gasteiger partial charge in [-0.3, -0.25) is 4.68 Å². The third kappa shape index (κ3) is 3.95. The molecule has 3 rings (SSSR count). The van der Waals surface area contributed by atoms with Crippen molar-refractivity contribution < 1.29 is 4.42 Å². The van der Waals surface area contributed by atoms with Gasteiger partial charge in [-0.2, -0.15) is 5.10 Å². The number of nitrogens with zero attached hydrogens (tertiary/aromatic N) is 2. The molecule has 2 heterocycles. The summed E-state index contributed by atoms with van der Waals surface area (Å²) in [4.78, 5) is 0. The van der Waals surface area contributed by atoms with Gasteiger partial charge in [0.1, 0.15) is 5.76 Å². The molecule has 112 valence electrons. The standard InChI is InChI=1S/C16H16N4OS/c22-16(17-11-14-7-4-10-21-14)18-15-8-9-20(19-15)12-13-5-2-1-3-6-13/h1-10H,11-12H2,(H2,17,18,19,22). The molecule has 0 aliphatic rings. The molecule has 2 aromatic heterocycles. The van der Waals surface area contributed by atoms with Crippen molar-refractivity contribution >= 4 is 23.1 Å². The lowest BCUT2D eigenvalue weighted by molar-refractivity contribution is 0.503. The molecule has 6 heteroatoms. The predicted octanol–water partition coefficient (Wildman–Crippen LogP) is 3.01. The summed E-state index contributed by atoms with van der Waals surface area (Å²) in [6.45, 7) is 1.28. The maximum Gasteiger partial charge on any atom is 0.172 e. The molecule has 0 saturated heterocycles. The van der Waals surface area contributed by atoms with E-state index in [4.69, 9.17) is 16.6 Å². The van der Waals surface area contributed by atoms with Crippen LogP contribution >= 0.6 is 12.2 Å². The molecule has 0 amide bonds. The second-order valence-corrected chi connectivity index (χ2v) is 5.18. The summed E-state index contributed by atoms with van der Waals surface area (Å²) in [6.07, 6.45) is 3.56. The summed E-state index contributed by atoms with van der Waals surface area (Å²) in [5, 5.41) is 11.1. The van der Waals surface area contributed by atoms with E-state index in [1.54, 1.807) is 6.26 Å². The monoisotopic (exact) mass is 312 g/mol. The third-order valence-electron chi connectivity index (χ3n) is 3.07. The molecule has 0 atom stereocenters. The van der Waals surface area contributed by atoms with Gasteiger partial charge < -0.3 is 15.1 Å². The quantitative estimate of drug-likeness (QED) is 0.709. The van der Waals surface area contributed by atoms with Crippen molar-refractivity contribution in [3.05, 3.63) is 72.3 Å². The molecule has 0 unspecified atom stereocenters. The van der Waals surface area contributed by atoms with Crippen molar-refractivity contribution in [2.75, 3.05) is 5.32 Å². The second-order valence-electron chi connectivity index (χ2n) is 4.77. The Morgan fingerprint density at radius 1 is 1.14 bits per heavy atom. The van der Waals surface area contributed by atoms with Crippen LogP contribution in [0.1, 0.15) is 11.3 Å². The van der Waals surface area contributed by atoms with E-state index in [1.165, 1.54) is 5.56 Å². The Labute approximate surface area is 134 Å². The van der Waals surface area contributed by atoms with Gasteiger partial charge in [0.05, 0.1) is 19.4 Å². The van der Waals surface area contributed by atoms with Crippen LogP contribution in [0.15, 0.2) is 65.4 Å². The first kappa shape index (κ1) is 14.3. The van der Waals surface area contributed by atoms with Gasteiger partial charge in [-0.1, -0.05) is 30.3 Å². The average Bonchev–Trinajstić information content (AvgIpc) is 3.18. The van der Waals surface area contributed by atoms with E-state index in [2.05, 4.69) is 27.9 Å². The Kier molecular flexibility index (Phi) is 4.50. The van der Waals surface area contributed by atoms with Crippen molar-refractivity contribution in [3.63, 3.8) is 0 Å². The summed E-state index contributed by atoms with van der Waals surface area (Å²) >= 11 is 5.23. The molecule has 0 radical (unpaired) electrons. The van der Waals surface area contributed by atoms with Crippen LogP contribution < -0.4 is 10.6 Å². The molecule has 0 bridgehead atoms. The molecule has 0 aliphatic carbocycles. The zero-order valence-corrected chi connectivity index (χ0v) is 12.7. The molecule has 5 nitrogen and oxygen atoms in total. The van der Waals surface area contributed by atoms with Crippen LogP contribution in [0.3, 0.4) is 0 Å². The number of nitrogens with one attached hydrogen (secondary N) is 2. The maximum atomic E-state index is 5.23. The highest BCUT2D eigenvalue weighted by atomic mass is 32.1. The molecule has 3 aromatic rings. The van der Waals surface area contributed by atoms with Gasteiger partial charge in [0, 0.05) is 12.3 Å². The van der Waals surface area contributed by atoms with E-state index in [0.717, 1.165) is 12.3 Å². The van der Waals surface area contributed by atoms with E-state index >= 15 is 0 Å². The maximum absolute atomic E-state index is 5.23. The summed E-state index contributed by atoms with van der Waals surface area (Å²) < 4.78 is 7.10. The Bertz CT molecular complexity index is 722. The number of rotatable bonds is 5. The topological polar surface area (TPSA) is 55.0 Å². The van der Waals surface area contributed by atoms with Gasteiger partial charge in [-0.05, 0) is 29.9 Å². The number of benzene rings is 1. The Hall–Kier alpha value is -2.60. The average molecular weight is 312 g/mol. The number of hydrogen-bond acceptors (Lipinski definition) is 3. The highest BCUT2D eigenvalue weighted by molar-refractivity contribution is 7.80. The largest absolute Gasteiger partial charge is 0.467 e. The van der Waals surface area contributed by atoms with Crippen molar-refractivity contribution in [1.82, 2.24) is 15.1 Å². The SMILES string of the molecule is S=C(NCc1ccco1)Nc1ccn(Cc2ccccc2)n1. The highest BCUT2D eigenvalue weighted by Gasteiger charge is 2.03. The Balaban J connectivity index is 1.51. The fraction of sp³-hybridized carbons (Fsp3) is 0.125. The zero-order valence-electron chi connectivity index (χ0n) is 11.9. The molecule has 22 heavy (non-hydrogen) atoms. The fourth-order valence-corrected chi connectivity index (χ4v) is 2.20. The van der Waals surface area contributed by atoms with Crippen LogP contribution in [0.2, 0.25) is 0 Å². The lowest BCUT2D eigenvalue weighted by atomic mass is 10.2. The first-order chi connectivity index (χ1) is 10.8. The first-order valence-corrected chi connectivity index (χ1v) is 7.35. The van der Waals surface area contributed by atoms with E-state index in [0.29, 0.717) is 17.5 Å². The number of aromatic nitrogens is 2. The minimum absolute atomic E-state index is 0.515. The van der Waals surface area contributed by atoms with E-state index in [-0.39, 0.29) is 0 Å². The first-order valence-electron chi connectivity index (χ1n) is 6.94. The minimum Gasteiger partial charge on any atom is -0.467 e. The number of furan rings is 1. The molecular weight excluding hydrogens is 296 g/mol. The zero-order chi connectivity index (χ0) is 15.2. The van der Waals surface area contributed by atoms with Crippen LogP contribution in [-0.4, -0.2) is 14.9 Å². The van der Waals surface area contributed by atoms with Crippen LogP contribution in [0, 0.1) is 0 Å². The van der Waals surface area contributed by atoms with Gasteiger partial charge in [0.2, 0.25) is 0 Å². The van der Waals surface area contributed by atoms with Crippen LogP contribution in [0.25, 0.3) is 0 Å². The molecule has 0 spiro atoms. The van der Waals surface area contributed by atoms with Crippen molar-refractivity contribution in [2.45, 2.75) is 13.1 Å². The molecule has 0 fully saturated rings. The molecule has 0 saturated carbocycles. The van der Waals surface area contributed by atoms with Crippen molar-refractivity contribution in [2.24, 2.45) is 0 Å². The van der Waals surface area contributed by atoms with E-state index in [9.17, 15) is 0 Å². The Morgan fingerprint density at radius 3 is 2.77 bits per heavy atom. The van der Waals surface area contributed by atoms with Gasteiger partial charge in [0.15, 0.2) is 10.9 Å². The molecule has 1 aromatic carbocycles. The van der Waals surface area contributed by atoms with Crippen LogP contribution in [-0.2, 0) is 13.1 Å². The number of hydrogen-bond donors (Lipinski definition) is 2. The lowest BCUT2D eigenvalue weighted by Gasteiger charge is -2.07. The normalized spacial score (nSPS) is 10.4. The Morgan fingerprint density at radius 2 is 2.00 bits per heavy atom. The molecule has 2 N–H and O–H groups in total. The van der Waals surface area contributed by atoms with Crippen molar-refractivity contribution in [3.8, 4) is 0 Å². The highest BCUT2D eigenvalue weighted by Crippen LogP contribution is 2.06. The van der Waals surface area contributed by atoms with Gasteiger partial charge in [-0.25, -0.2) is 0 Å². The van der Waals surface area contributed by atoms with Gasteiger partial charge in [0.25, 0.3) is 0 Å². The lowest BCUT2D eigenvalue weighted by Crippen LogP contribution is -2.27. The smallest absolute Gasteiger partial charge is 0.172 e. The van der Waals surface area contributed by atoms with Crippen LogP contribution in [0.5, 0.6) is 0 Å². The van der Waals surface area contributed by atoms with Gasteiger partial charge in [-0.15, -0.1) is 0 Å². The number of anilines is 1.